The molecule has 3 heteroatoms. The molecule has 1 rings (SSSR count). The predicted octanol–water partition coefficient (Wildman–Crippen LogP) is 1.06. The van der Waals surface area contributed by atoms with Gasteiger partial charge in [-0.25, -0.2) is 4.39 Å². The zero-order valence-electron chi connectivity index (χ0n) is 7.38. The van der Waals surface area contributed by atoms with E-state index in [-0.39, 0.29) is 6.10 Å². The van der Waals surface area contributed by atoms with E-state index in [1.54, 1.807) is 7.11 Å². The lowest BCUT2D eigenvalue weighted by Gasteiger charge is -2.18. The van der Waals surface area contributed by atoms with E-state index in [4.69, 9.17) is 4.74 Å². The minimum absolute atomic E-state index is 0.211. The van der Waals surface area contributed by atoms with E-state index in [0.29, 0.717) is 12.6 Å². The number of hydrogen-bond donors (Lipinski definition) is 0. The molecule has 1 heterocycles. The molecule has 11 heavy (non-hydrogen) atoms. The number of rotatable bonds is 2. The standard InChI is InChI=1S/C8H16FNO/c1-6(2)10-4-7(9)8(5-10)11-3/h6-8H,4-5H2,1-3H3. The number of ether oxygens (including phenoxy) is 1. The van der Waals surface area contributed by atoms with Crippen LogP contribution in [0.15, 0.2) is 0 Å². The van der Waals surface area contributed by atoms with Crippen LogP contribution in [0.25, 0.3) is 0 Å². The second-order valence-electron chi connectivity index (χ2n) is 3.34. The minimum Gasteiger partial charge on any atom is -0.377 e. The van der Waals surface area contributed by atoms with E-state index in [0.717, 1.165) is 6.54 Å². The van der Waals surface area contributed by atoms with Crippen molar-refractivity contribution in [1.82, 2.24) is 4.90 Å². The van der Waals surface area contributed by atoms with Gasteiger partial charge in [-0.2, -0.15) is 0 Å². The van der Waals surface area contributed by atoms with E-state index in [2.05, 4.69) is 18.7 Å². The van der Waals surface area contributed by atoms with Crippen molar-refractivity contribution in [2.45, 2.75) is 32.2 Å². The molecule has 0 aromatic heterocycles. The van der Waals surface area contributed by atoms with Crippen LogP contribution in [0.2, 0.25) is 0 Å². The summed E-state index contributed by atoms with van der Waals surface area (Å²) in [5, 5.41) is 0. The van der Waals surface area contributed by atoms with Crippen LogP contribution in [0.3, 0.4) is 0 Å². The van der Waals surface area contributed by atoms with Crippen molar-refractivity contribution in [1.29, 1.82) is 0 Å². The Hall–Kier alpha value is -0.150. The zero-order valence-corrected chi connectivity index (χ0v) is 7.38. The molecule has 0 spiro atoms. The molecule has 0 aromatic rings. The van der Waals surface area contributed by atoms with Crippen molar-refractivity contribution in [2.75, 3.05) is 20.2 Å². The van der Waals surface area contributed by atoms with E-state index < -0.39 is 6.17 Å². The number of nitrogens with zero attached hydrogens (tertiary/aromatic N) is 1. The Morgan fingerprint density at radius 2 is 2.09 bits per heavy atom. The first kappa shape index (κ1) is 8.94. The highest BCUT2D eigenvalue weighted by Crippen LogP contribution is 2.17. The van der Waals surface area contributed by atoms with E-state index >= 15 is 0 Å². The first-order chi connectivity index (χ1) is 5.15. The number of halogens is 1. The van der Waals surface area contributed by atoms with Crippen LogP contribution < -0.4 is 0 Å². The van der Waals surface area contributed by atoms with Gasteiger partial charge in [-0.3, -0.25) is 4.90 Å². The van der Waals surface area contributed by atoms with Crippen LogP contribution in [0.5, 0.6) is 0 Å². The van der Waals surface area contributed by atoms with Gasteiger partial charge >= 0.3 is 0 Å². The molecular weight excluding hydrogens is 145 g/mol. The van der Waals surface area contributed by atoms with Gasteiger partial charge in [0.05, 0.1) is 0 Å². The van der Waals surface area contributed by atoms with Crippen LogP contribution >= 0.6 is 0 Å². The Kier molecular flexibility index (Phi) is 2.84. The maximum atomic E-state index is 13.0. The van der Waals surface area contributed by atoms with Crippen LogP contribution in [-0.2, 0) is 4.74 Å². The summed E-state index contributed by atoms with van der Waals surface area (Å²) in [6.45, 7) is 5.40. The van der Waals surface area contributed by atoms with Crippen molar-refractivity contribution < 1.29 is 9.13 Å². The number of alkyl halides is 1. The normalized spacial score (nSPS) is 33.5. The SMILES string of the molecule is COC1CN(C(C)C)CC1F. The van der Waals surface area contributed by atoms with E-state index in [9.17, 15) is 4.39 Å². The van der Waals surface area contributed by atoms with Crippen molar-refractivity contribution >= 4 is 0 Å². The summed E-state index contributed by atoms with van der Waals surface area (Å²) < 4.78 is 18.0. The molecule has 66 valence electrons. The predicted molar refractivity (Wildman–Crippen MR) is 42.4 cm³/mol. The molecule has 1 aliphatic rings. The third-order valence-electron chi connectivity index (χ3n) is 2.26. The highest BCUT2D eigenvalue weighted by Gasteiger charge is 2.33. The quantitative estimate of drug-likeness (QED) is 0.600. The molecule has 0 saturated carbocycles. The lowest BCUT2D eigenvalue weighted by atomic mass is 10.3. The molecule has 0 N–H and O–H groups in total. The molecule has 1 saturated heterocycles. The Morgan fingerprint density at radius 1 is 1.45 bits per heavy atom. The van der Waals surface area contributed by atoms with Crippen LogP contribution in [0.1, 0.15) is 13.8 Å². The Morgan fingerprint density at radius 3 is 2.36 bits per heavy atom. The van der Waals surface area contributed by atoms with Crippen LogP contribution in [-0.4, -0.2) is 43.4 Å². The molecule has 0 radical (unpaired) electrons. The van der Waals surface area contributed by atoms with Gasteiger partial charge in [0, 0.05) is 26.2 Å². The molecule has 1 fully saturated rings. The maximum absolute atomic E-state index is 13.0. The number of methoxy groups -OCH3 is 1. The summed E-state index contributed by atoms with van der Waals surface area (Å²) in [6.07, 6.45) is -1.01. The number of likely N-dealkylation sites (tertiary alicyclic amines) is 1. The lowest BCUT2D eigenvalue weighted by Crippen LogP contribution is -2.29. The largest absolute Gasteiger partial charge is 0.377 e. The summed E-state index contributed by atoms with van der Waals surface area (Å²) >= 11 is 0. The molecule has 0 aliphatic carbocycles. The first-order valence-corrected chi connectivity index (χ1v) is 4.06. The van der Waals surface area contributed by atoms with Gasteiger partial charge in [-0.1, -0.05) is 0 Å². The highest BCUT2D eigenvalue weighted by atomic mass is 19.1. The first-order valence-electron chi connectivity index (χ1n) is 4.06. The van der Waals surface area contributed by atoms with Crippen molar-refractivity contribution in [2.24, 2.45) is 0 Å². The molecule has 2 unspecified atom stereocenters. The molecule has 0 bridgehead atoms. The second kappa shape index (κ2) is 3.50. The topological polar surface area (TPSA) is 12.5 Å². The lowest BCUT2D eigenvalue weighted by molar-refractivity contribution is 0.0615. The molecular formula is C8H16FNO. The minimum atomic E-state index is -0.803. The summed E-state index contributed by atoms with van der Waals surface area (Å²) in [6, 6.07) is 0.424. The van der Waals surface area contributed by atoms with Crippen molar-refractivity contribution in [3.05, 3.63) is 0 Å². The van der Waals surface area contributed by atoms with Crippen LogP contribution in [0.4, 0.5) is 4.39 Å². The third-order valence-corrected chi connectivity index (χ3v) is 2.26. The van der Waals surface area contributed by atoms with Gasteiger partial charge in [0.2, 0.25) is 0 Å². The average Bonchev–Trinajstić information content (AvgIpc) is 2.31. The molecule has 2 nitrogen and oxygen atoms in total. The fraction of sp³-hybridized carbons (Fsp3) is 1.00. The summed E-state index contributed by atoms with van der Waals surface area (Å²) in [4.78, 5) is 2.10. The number of hydrogen-bond acceptors (Lipinski definition) is 2. The average molecular weight is 161 g/mol. The van der Waals surface area contributed by atoms with Gasteiger partial charge in [0.25, 0.3) is 0 Å². The molecule has 0 aromatic carbocycles. The van der Waals surface area contributed by atoms with Crippen molar-refractivity contribution in [3.63, 3.8) is 0 Å². The fourth-order valence-electron chi connectivity index (χ4n) is 1.41. The van der Waals surface area contributed by atoms with Gasteiger partial charge in [0.15, 0.2) is 0 Å². The summed E-state index contributed by atoms with van der Waals surface area (Å²) in [7, 11) is 1.57. The highest BCUT2D eigenvalue weighted by molar-refractivity contribution is 4.86. The van der Waals surface area contributed by atoms with Gasteiger partial charge in [-0.15, -0.1) is 0 Å². The zero-order chi connectivity index (χ0) is 8.43. The smallest absolute Gasteiger partial charge is 0.140 e. The Labute approximate surface area is 67.3 Å². The Balaban J connectivity index is 2.43. The molecule has 0 amide bonds. The Bertz CT molecular complexity index is 129. The third kappa shape index (κ3) is 1.91. The van der Waals surface area contributed by atoms with Crippen molar-refractivity contribution in [3.8, 4) is 0 Å². The monoisotopic (exact) mass is 161 g/mol. The summed E-state index contributed by atoms with van der Waals surface area (Å²) in [5.41, 5.74) is 0. The van der Waals surface area contributed by atoms with Gasteiger partial charge in [-0.05, 0) is 13.8 Å². The molecule has 1 aliphatic heterocycles. The van der Waals surface area contributed by atoms with Gasteiger partial charge < -0.3 is 4.74 Å². The van der Waals surface area contributed by atoms with Gasteiger partial charge in [0.1, 0.15) is 12.3 Å². The van der Waals surface area contributed by atoms with E-state index in [1.807, 2.05) is 0 Å². The fourth-order valence-corrected chi connectivity index (χ4v) is 1.41. The maximum Gasteiger partial charge on any atom is 0.140 e. The summed E-state index contributed by atoms with van der Waals surface area (Å²) in [5.74, 6) is 0. The van der Waals surface area contributed by atoms with E-state index in [1.165, 1.54) is 0 Å². The van der Waals surface area contributed by atoms with Crippen LogP contribution in [0, 0.1) is 0 Å². The second-order valence-corrected chi connectivity index (χ2v) is 3.34. The molecule has 2 atom stereocenters.